The molecule has 0 bridgehead atoms. The minimum Gasteiger partial charge on any atom is -0.492 e. The van der Waals surface area contributed by atoms with E-state index in [0.717, 1.165) is 6.07 Å². The van der Waals surface area contributed by atoms with Crippen LogP contribution in [0.2, 0.25) is 5.02 Å². The van der Waals surface area contributed by atoms with E-state index in [4.69, 9.17) is 21.5 Å². The Hall–Kier alpha value is -0.370. The van der Waals surface area contributed by atoms with E-state index in [9.17, 15) is 12.8 Å². The normalized spacial score (nSPS) is 13.4. The topological polar surface area (TPSA) is 69.4 Å². The van der Waals surface area contributed by atoms with Crippen LogP contribution >= 0.6 is 27.5 Å². The third kappa shape index (κ3) is 5.09. The van der Waals surface area contributed by atoms with Crippen molar-refractivity contribution >= 4 is 37.6 Å². The lowest BCUT2D eigenvalue weighted by atomic mass is 10.2. The average molecular weight is 361 g/mol. The number of hydrogen-bond donors (Lipinski definition) is 1. The molecule has 1 unspecified atom stereocenters. The van der Waals surface area contributed by atoms with Crippen LogP contribution in [-0.4, -0.2) is 20.8 Å². The average Bonchev–Trinajstić information content (AvgIpc) is 2.19. The predicted molar refractivity (Wildman–Crippen MR) is 71.7 cm³/mol. The van der Waals surface area contributed by atoms with Crippen molar-refractivity contribution in [2.45, 2.75) is 6.92 Å². The lowest BCUT2D eigenvalue weighted by molar-refractivity contribution is 0.269. The molecule has 0 heterocycles. The van der Waals surface area contributed by atoms with Gasteiger partial charge in [0.2, 0.25) is 10.0 Å². The van der Waals surface area contributed by atoms with Gasteiger partial charge in [0, 0.05) is 12.0 Å². The Labute approximate surface area is 118 Å². The summed E-state index contributed by atoms with van der Waals surface area (Å²) in [6.45, 7) is 1.78. The van der Waals surface area contributed by atoms with Crippen LogP contribution in [0.4, 0.5) is 4.39 Å². The quantitative estimate of drug-likeness (QED) is 0.820. The summed E-state index contributed by atoms with van der Waals surface area (Å²) in [5.41, 5.74) is 0. The van der Waals surface area contributed by atoms with Crippen LogP contribution in [0.1, 0.15) is 6.92 Å². The molecule has 4 nitrogen and oxygen atoms in total. The molecule has 18 heavy (non-hydrogen) atoms. The molecule has 0 radical (unpaired) electrons. The largest absolute Gasteiger partial charge is 0.492 e. The SMILES string of the molecule is CC(COc1cc(F)c(Cl)cc1Br)CS(N)(=O)=O. The minimum absolute atomic E-state index is 0.0215. The van der Waals surface area contributed by atoms with Crippen molar-refractivity contribution in [2.75, 3.05) is 12.4 Å². The Morgan fingerprint density at radius 1 is 1.56 bits per heavy atom. The van der Waals surface area contributed by atoms with Crippen molar-refractivity contribution in [2.24, 2.45) is 11.1 Å². The van der Waals surface area contributed by atoms with E-state index >= 15 is 0 Å². The van der Waals surface area contributed by atoms with Crippen molar-refractivity contribution in [3.63, 3.8) is 0 Å². The summed E-state index contributed by atoms with van der Waals surface area (Å²) in [4.78, 5) is 0. The highest BCUT2D eigenvalue weighted by Crippen LogP contribution is 2.30. The molecular formula is C10H12BrClFNO3S. The molecule has 102 valence electrons. The molecule has 0 aliphatic rings. The van der Waals surface area contributed by atoms with Gasteiger partial charge in [0.25, 0.3) is 0 Å². The summed E-state index contributed by atoms with van der Waals surface area (Å²) in [6, 6.07) is 2.51. The van der Waals surface area contributed by atoms with Crippen molar-refractivity contribution < 1.29 is 17.5 Å². The van der Waals surface area contributed by atoms with Gasteiger partial charge in [-0.05, 0) is 22.0 Å². The Kier molecular flexibility index (Phi) is 5.39. The van der Waals surface area contributed by atoms with Gasteiger partial charge in [0.15, 0.2) is 0 Å². The Balaban J connectivity index is 2.67. The molecule has 1 aromatic carbocycles. The lowest BCUT2D eigenvalue weighted by Crippen LogP contribution is -2.25. The van der Waals surface area contributed by atoms with Crippen LogP contribution in [0.15, 0.2) is 16.6 Å². The first-order valence-corrected chi connectivity index (χ1v) is 7.85. The number of sulfonamides is 1. The Morgan fingerprint density at radius 3 is 2.72 bits per heavy atom. The minimum atomic E-state index is -3.54. The maximum atomic E-state index is 13.2. The van der Waals surface area contributed by atoms with Gasteiger partial charge in [-0.1, -0.05) is 18.5 Å². The van der Waals surface area contributed by atoms with Gasteiger partial charge in [0.05, 0.1) is 21.9 Å². The second-order valence-electron chi connectivity index (χ2n) is 3.94. The molecule has 1 atom stereocenters. The zero-order valence-corrected chi connectivity index (χ0v) is 12.6. The lowest BCUT2D eigenvalue weighted by Gasteiger charge is -2.13. The molecule has 1 rings (SSSR count). The summed E-state index contributed by atoms with van der Waals surface area (Å²) < 4.78 is 40.7. The molecule has 0 aromatic heterocycles. The number of ether oxygens (including phenoxy) is 1. The van der Waals surface area contributed by atoms with Crippen LogP contribution in [0, 0.1) is 11.7 Å². The van der Waals surface area contributed by atoms with E-state index in [1.165, 1.54) is 6.07 Å². The van der Waals surface area contributed by atoms with Crippen molar-refractivity contribution in [3.8, 4) is 5.75 Å². The highest BCUT2D eigenvalue weighted by Gasteiger charge is 2.13. The number of halogens is 3. The summed E-state index contributed by atoms with van der Waals surface area (Å²) >= 11 is 8.75. The van der Waals surface area contributed by atoms with Gasteiger partial charge in [-0.2, -0.15) is 0 Å². The standard InChI is InChI=1S/C10H12BrClFNO3S/c1-6(5-18(14,15)16)4-17-10-3-9(13)8(12)2-7(10)11/h2-3,6H,4-5H2,1H3,(H2,14,15,16). The van der Waals surface area contributed by atoms with Crippen LogP contribution < -0.4 is 9.88 Å². The van der Waals surface area contributed by atoms with E-state index in [1.54, 1.807) is 6.92 Å². The smallest absolute Gasteiger partial charge is 0.209 e. The number of primary sulfonamides is 1. The third-order valence-corrected chi connectivity index (χ3v) is 3.96. The van der Waals surface area contributed by atoms with Gasteiger partial charge in [0.1, 0.15) is 11.6 Å². The van der Waals surface area contributed by atoms with Crippen LogP contribution in [0.25, 0.3) is 0 Å². The molecule has 0 aliphatic heterocycles. The summed E-state index contributed by atoms with van der Waals surface area (Å²) in [5, 5.41) is 4.89. The van der Waals surface area contributed by atoms with Crippen molar-refractivity contribution in [3.05, 3.63) is 27.4 Å². The first kappa shape index (κ1) is 15.7. The maximum absolute atomic E-state index is 13.2. The fourth-order valence-corrected chi connectivity index (χ4v) is 2.93. The molecule has 1 aromatic rings. The van der Waals surface area contributed by atoms with E-state index < -0.39 is 15.8 Å². The number of rotatable bonds is 5. The zero-order chi connectivity index (χ0) is 13.9. The Bertz CT molecular complexity index is 538. The fraction of sp³-hybridized carbons (Fsp3) is 0.400. The Morgan fingerprint density at radius 2 is 2.17 bits per heavy atom. The molecule has 0 saturated carbocycles. The number of hydrogen-bond acceptors (Lipinski definition) is 3. The van der Waals surface area contributed by atoms with Gasteiger partial charge in [-0.15, -0.1) is 0 Å². The third-order valence-electron chi connectivity index (χ3n) is 2.01. The van der Waals surface area contributed by atoms with E-state index in [2.05, 4.69) is 15.9 Å². The molecule has 0 aliphatic carbocycles. The van der Waals surface area contributed by atoms with E-state index in [0.29, 0.717) is 4.47 Å². The predicted octanol–water partition coefficient (Wildman–Crippen LogP) is 2.54. The van der Waals surface area contributed by atoms with Crippen molar-refractivity contribution in [1.29, 1.82) is 0 Å². The van der Waals surface area contributed by atoms with Crippen LogP contribution in [0.3, 0.4) is 0 Å². The fourth-order valence-electron chi connectivity index (χ4n) is 1.29. The van der Waals surface area contributed by atoms with Crippen LogP contribution in [-0.2, 0) is 10.0 Å². The summed E-state index contributed by atoms with van der Waals surface area (Å²) in [5.74, 6) is -0.835. The zero-order valence-electron chi connectivity index (χ0n) is 9.49. The van der Waals surface area contributed by atoms with E-state index in [1.807, 2.05) is 0 Å². The second-order valence-corrected chi connectivity index (χ2v) is 6.86. The van der Waals surface area contributed by atoms with Crippen molar-refractivity contribution in [1.82, 2.24) is 0 Å². The molecule has 0 amide bonds. The highest BCUT2D eigenvalue weighted by atomic mass is 79.9. The first-order chi connectivity index (χ1) is 8.19. The molecule has 0 saturated heterocycles. The van der Waals surface area contributed by atoms with Gasteiger partial charge >= 0.3 is 0 Å². The van der Waals surface area contributed by atoms with Gasteiger partial charge < -0.3 is 4.74 Å². The monoisotopic (exact) mass is 359 g/mol. The second kappa shape index (κ2) is 6.18. The molecule has 2 N–H and O–H groups in total. The summed E-state index contributed by atoms with van der Waals surface area (Å²) in [7, 11) is -3.54. The molecule has 8 heteroatoms. The molecular weight excluding hydrogens is 349 g/mol. The number of nitrogens with two attached hydrogens (primary N) is 1. The summed E-state index contributed by atoms with van der Waals surface area (Å²) in [6.07, 6.45) is 0. The van der Waals surface area contributed by atoms with Gasteiger partial charge in [-0.3, -0.25) is 0 Å². The first-order valence-electron chi connectivity index (χ1n) is 4.97. The number of benzene rings is 1. The maximum Gasteiger partial charge on any atom is 0.209 e. The van der Waals surface area contributed by atoms with Crippen LogP contribution in [0.5, 0.6) is 5.75 Å². The van der Waals surface area contributed by atoms with E-state index in [-0.39, 0.29) is 29.0 Å². The molecule has 0 spiro atoms. The van der Waals surface area contributed by atoms with Gasteiger partial charge in [-0.25, -0.2) is 17.9 Å². The molecule has 0 fully saturated rings. The highest BCUT2D eigenvalue weighted by molar-refractivity contribution is 9.10.